The molecule has 0 aliphatic carbocycles. The minimum atomic E-state index is -0.351. The first-order valence-electron chi connectivity index (χ1n) is 7.21. The van der Waals surface area contributed by atoms with Gasteiger partial charge in [-0.3, -0.25) is 4.79 Å². The number of benzene rings is 1. The number of hydrogen-bond donors (Lipinski definition) is 1. The lowest BCUT2D eigenvalue weighted by atomic mass is 10.3. The van der Waals surface area contributed by atoms with Crippen LogP contribution in [-0.2, 0) is 11.8 Å². The molecule has 6 nitrogen and oxygen atoms in total. The Balaban J connectivity index is 1.68. The molecule has 0 bridgehead atoms. The molecule has 24 heavy (non-hydrogen) atoms. The molecule has 3 aromatic rings. The summed E-state index contributed by atoms with van der Waals surface area (Å²) in [6, 6.07) is 10.6. The largest absolute Gasteiger partial charge is 0.461 e. The van der Waals surface area contributed by atoms with Crippen molar-refractivity contribution in [2.75, 3.05) is 5.32 Å². The van der Waals surface area contributed by atoms with E-state index in [0.29, 0.717) is 27.5 Å². The van der Waals surface area contributed by atoms with Crippen molar-refractivity contribution in [3.8, 4) is 11.6 Å². The quantitative estimate of drug-likeness (QED) is 0.698. The van der Waals surface area contributed by atoms with Crippen LogP contribution in [0.5, 0.6) is 0 Å². The number of carbonyl (C=O) groups is 1. The number of thioether (sulfide) groups is 1. The molecule has 1 amide bonds. The van der Waals surface area contributed by atoms with E-state index in [1.165, 1.54) is 11.8 Å². The van der Waals surface area contributed by atoms with Gasteiger partial charge in [-0.2, -0.15) is 0 Å². The summed E-state index contributed by atoms with van der Waals surface area (Å²) in [4.78, 5) is 12.3. The van der Waals surface area contributed by atoms with Gasteiger partial charge < -0.3 is 14.3 Å². The number of carbonyl (C=O) groups excluding carboxylic acids is 1. The minimum Gasteiger partial charge on any atom is -0.461 e. The van der Waals surface area contributed by atoms with E-state index in [9.17, 15) is 4.79 Å². The van der Waals surface area contributed by atoms with Crippen molar-refractivity contribution in [2.45, 2.75) is 17.3 Å². The molecule has 2 heterocycles. The molecule has 0 aliphatic heterocycles. The molecule has 8 heteroatoms. The topological polar surface area (TPSA) is 73.0 Å². The Morgan fingerprint density at radius 3 is 2.88 bits per heavy atom. The van der Waals surface area contributed by atoms with Gasteiger partial charge in [0.15, 0.2) is 16.7 Å². The normalized spacial score (nSPS) is 12.1. The number of aromatic nitrogens is 3. The zero-order valence-corrected chi connectivity index (χ0v) is 14.6. The average molecular weight is 363 g/mol. The molecule has 3 rings (SSSR count). The van der Waals surface area contributed by atoms with Crippen molar-refractivity contribution in [3.05, 3.63) is 47.7 Å². The molecule has 1 N–H and O–H groups in total. The van der Waals surface area contributed by atoms with Crippen LogP contribution in [0.2, 0.25) is 5.02 Å². The van der Waals surface area contributed by atoms with Gasteiger partial charge in [0, 0.05) is 17.8 Å². The van der Waals surface area contributed by atoms with Gasteiger partial charge in [-0.25, -0.2) is 0 Å². The molecule has 0 saturated heterocycles. The van der Waals surface area contributed by atoms with Crippen LogP contribution in [-0.4, -0.2) is 25.9 Å². The highest BCUT2D eigenvalue weighted by atomic mass is 35.5. The highest BCUT2D eigenvalue weighted by Gasteiger charge is 2.20. The van der Waals surface area contributed by atoms with Crippen molar-refractivity contribution < 1.29 is 9.21 Å². The predicted octanol–water partition coefficient (Wildman–Crippen LogP) is 3.85. The van der Waals surface area contributed by atoms with Gasteiger partial charge in [-0.15, -0.1) is 10.2 Å². The van der Waals surface area contributed by atoms with E-state index in [4.69, 9.17) is 16.0 Å². The van der Waals surface area contributed by atoms with Crippen LogP contribution in [0, 0.1) is 0 Å². The summed E-state index contributed by atoms with van der Waals surface area (Å²) in [6.07, 6.45) is 1.58. The third-order valence-corrected chi connectivity index (χ3v) is 4.69. The van der Waals surface area contributed by atoms with Gasteiger partial charge in [0.25, 0.3) is 0 Å². The molecule has 1 aromatic carbocycles. The van der Waals surface area contributed by atoms with Gasteiger partial charge >= 0.3 is 0 Å². The van der Waals surface area contributed by atoms with Crippen LogP contribution in [0.25, 0.3) is 11.6 Å². The lowest BCUT2D eigenvalue weighted by Crippen LogP contribution is -2.22. The van der Waals surface area contributed by atoms with Crippen LogP contribution >= 0.6 is 23.4 Å². The van der Waals surface area contributed by atoms with E-state index in [-0.39, 0.29) is 11.2 Å². The summed E-state index contributed by atoms with van der Waals surface area (Å²) < 4.78 is 7.13. The molecular formula is C16H15ClN4O2S. The maximum absolute atomic E-state index is 12.3. The summed E-state index contributed by atoms with van der Waals surface area (Å²) in [5, 5.41) is 11.9. The second-order valence-electron chi connectivity index (χ2n) is 5.10. The Morgan fingerprint density at radius 2 is 2.17 bits per heavy atom. The number of hydrogen-bond acceptors (Lipinski definition) is 5. The lowest BCUT2D eigenvalue weighted by Gasteiger charge is -2.11. The predicted molar refractivity (Wildman–Crippen MR) is 94.1 cm³/mol. The van der Waals surface area contributed by atoms with Gasteiger partial charge in [-0.1, -0.05) is 29.4 Å². The van der Waals surface area contributed by atoms with Crippen LogP contribution in [0.4, 0.5) is 5.69 Å². The van der Waals surface area contributed by atoms with Gasteiger partial charge in [0.05, 0.1) is 11.5 Å². The van der Waals surface area contributed by atoms with Crippen LogP contribution in [0.15, 0.2) is 52.2 Å². The van der Waals surface area contributed by atoms with Gasteiger partial charge in [-0.05, 0) is 37.3 Å². The molecular weight excluding hydrogens is 348 g/mol. The van der Waals surface area contributed by atoms with Crippen LogP contribution in [0.1, 0.15) is 6.92 Å². The lowest BCUT2D eigenvalue weighted by molar-refractivity contribution is -0.115. The number of halogens is 1. The Bertz CT molecular complexity index is 848. The molecule has 0 fully saturated rings. The van der Waals surface area contributed by atoms with Crippen molar-refractivity contribution in [1.29, 1.82) is 0 Å². The van der Waals surface area contributed by atoms with Crippen LogP contribution in [0.3, 0.4) is 0 Å². The number of amides is 1. The molecule has 2 aromatic heterocycles. The molecule has 0 spiro atoms. The van der Waals surface area contributed by atoms with Crippen molar-refractivity contribution in [1.82, 2.24) is 14.8 Å². The fourth-order valence-corrected chi connectivity index (χ4v) is 3.06. The summed E-state index contributed by atoms with van der Waals surface area (Å²) in [7, 11) is 1.84. The first kappa shape index (κ1) is 16.6. The highest BCUT2D eigenvalue weighted by molar-refractivity contribution is 8.00. The monoisotopic (exact) mass is 362 g/mol. The Hall–Kier alpha value is -2.25. The maximum Gasteiger partial charge on any atom is 0.237 e. The van der Waals surface area contributed by atoms with E-state index in [1.54, 1.807) is 41.2 Å². The number of rotatable bonds is 5. The first-order valence-corrected chi connectivity index (χ1v) is 8.46. The molecule has 1 atom stereocenters. The SMILES string of the molecule is CC(Sc1nnc(-c2ccco2)n1C)C(=O)Nc1cccc(Cl)c1. The second kappa shape index (κ2) is 7.11. The number of nitrogens with one attached hydrogen (secondary N) is 1. The standard InChI is InChI=1S/C16H15ClN4O2S/c1-10(15(22)18-12-6-3-5-11(17)9-12)24-16-20-19-14(21(16)2)13-7-4-8-23-13/h3-10H,1-2H3,(H,18,22). The Labute approximate surface area is 148 Å². The molecule has 0 radical (unpaired) electrons. The number of nitrogens with zero attached hydrogens (tertiary/aromatic N) is 3. The molecule has 124 valence electrons. The van der Waals surface area contributed by atoms with Crippen molar-refractivity contribution in [2.24, 2.45) is 7.05 Å². The van der Waals surface area contributed by atoms with E-state index in [2.05, 4.69) is 15.5 Å². The summed E-state index contributed by atoms with van der Waals surface area (Å²) in [5.41, 5.74) is 0.661. The van der Waals surface area contributed by atoms with Crippen molar-refractivity contribution >= 4 is 35.0 Å². The fraction of sp³-hybridized carbons (Fsp3) is 0.188. The van der Waals surface area contributed by atoms with E-state index < -0.39 is 0 Å². The van der Waals surface area contributed by atoms with E-state index in [1.807, 2.05) is 20.0 Å². The Morgan fingerprint density at radius 1 is 1.33 bits per heavy atom. The first-order chi connectivity index (χ1) is 11.5. The second-order valence-corrected chi connectivity index (χ2v) is 6.85. The van der Waals surface area contributed by atoms with Crippen LogP contribution < -0.4 is 5.32 Å². The zero-order chi connectivity index (χ0) is 17.1. The maximum atomic E-state index is 12.3. The summed E-state index contributed by atoms with van der Waals surface area (Å²) >= 11 is 7.25. The smallest absolute Gasteiger partial charge is 0.237 e. The Kier molecular flexibility index (Phi) is 4.92. The van der Waals surface area contributed by atoms with Gasteiger partial charge in [0.1, 0.15) is 0 Å². The van der Waals surface area contributed by atoms with E-state index >= 15 is 0 Å². The molecule has 0 aliphatic rings. The minimum absolute atomic E-state index is 0.134. The average Bonchev–Trinajstić information content (AvgIpc) is 3.18. The third-order valence-electron chi connectivity index (χ3n) is 3.32. The third kappa shape index (κ3) is 3.63. The highest BCUT2D eigenvalue weighted by Crippen LogP contribution is 2.26. The fourth-order valence-electron chi connectivity index (χ4n) is 2.06. The molecule has 0 saturated carbocycles. The summed E-state index contributed by atoms with van der Waals surface area (Å²) in [6.45, 7) is 1.81. The van der Waals surface area contributed by atoms with Gasteiger partial charge in [0.2, 0.25) is 5.91 Å². The number of furan rings is 1. The van der Waals surface area contributed by atoms with Crippen molar-refractivity contribution in [3.63, 3.8) is 0 Å². The van der Waals surface area contributed by atoms with E-state index in [0.717, 1.165) is 0 Å². The zero-order valence-electron chi connectivity index (χ0n) is 13.1. The molecule has 1 unspecified atom stereocenters. The number of anilines is 1. The summed E-state index contributed by atoms with van der Waals surface area (Å²) in [5.74, 6) is 1.11.